The monoisotopic (exact) mass is 479 g/mol. The van der Waals surface area contributed by atoms with Gasteiger partial charge in [0.1, 0.15) is 22.4 Å². The summed E-state index contributed by atoms with van der Waals surface area (Å²) < 4.78 is 0. The molecule has 0 aliphatic heterocycles. The molecule has 0 atom stereocenters. The topological polar surface area (TPSA) is 80.9 Å². The summed E-state index contributed by atoms with van der Waals surface area (Å²) in [6.45, 7) is 12.6. The molecule has 0 unspecified atom stereocenters. The Hall–Kier alpha value is -0.352. The van der Waals surface area contributed by atoms with Crippen LogP contribution < -0.4 is 0 Å². The van der Waals surface area contributed by atoms with Crippen molar-refractivity contribution in [2.24, 2.45) is 0 Å². The fourth-order valence-electron chi connectivity index (χ4n) is 0.612. The van der Waals surface area contributed by atoms with Crippen LogP contribution in [0.4, 0.5) is 0 Å². The molecule has 126 valence electrons. The largest absolute Gasteiger partial charge is 0.378 e. The number of rotatable bonds is 0. The summed E-state index contributed by atoms with van der Waals surface area (Å²) in [5.41, 5.74) is -4.06. The van der Waals surface area contributed by atoms with Crippen LogP contribution in [0.3, 0.4) is 0 Å². The molecule has 4 nitrogen and oxygen atoms in total. The van der Waals surface area contributed by atoms with Crippen molar-refractivity contribution >= 4 is 0 Å². The van der Waals surface area contributed by atoms with E-state index in [1.54, 1.807) is 55.4 Å². The number of aliphatic hydroxyl groups is 4. The molecule has 0 aliphatic carbocycles. The Morgan fingerprint density at radius 2 is 0.524 bits per heavy atom. The van der Waals surface area contributed by atoms with E-state index in [0.29, 0.717) is 0 Å². The first-order valence-corrected chi connectivity index (χ1v) is 6.39. The van der Waals surface area contributed by atoms with Gasteiger partial charge in [0.05, 0.1) is 0 Å². The summed E-state index contributed by atoms with van der Waals surface area (Å²) in [5, 5.41) is 36.4. The molecule has 0 spiro atoms. The zero-order chi connectivity index (χ0) is 16.8. The minimum absolute atomic E-state index is 0. The molecule has 4 N–H and O–H groups in total. The first-order chi connectivity index (χ1) is 8.41. The van der Waals surface area contributed by atoms with Crippen molar-refractivity contribution in [3.8, 4) is 23.7 Å². The van der Waals surface area contributed by atoms with Crippen LogP contribution >= 0.6 is 0 Å². The van der Waals surface area contributed by atoms with E-state index < -0.39 is 22.4 Å². The summed E-state index contributed by atoms with van der Waals surface area (Å²) in [6.07, 6.45) is 0. The van der Waals surface area contributed by atoms with Gasteiger partial charge >= 0.3 is 0 Å². The summed E-state index contributed by atoms with van der Waals surface area (Å²) in [4.78, 5) is 0. The van der Waals surface area contributed by atoms with Gasteiger partial charge in [-0.05, 0) is 55.4 Å². The van der Waals surface area contributed by atoms with Crippen molar-refractivity contribution in [1.82, 2.24) is 0 Å². The molecular formula is C16H28O4Pt. The van der Waals surface area contributed by atoms with Gasteiger partial charge in [-0.2, -0.15) is 0 Å². The van der Waals surface area contributed by atoms with Crippen molar-refractivity contribution in [2.75, 3.05) is 0 Å². The molecule has 0 aliphatic rings. The Kier molecular flexibility index (Phi) is 10.9. The predicted octanol–water partition coefficient (Wildman–Crippen LogP) is 1.06. The van der Waals surface area contributed by atoms with Crippen molar-refractivity contribution in [2.45, 2.75) is 77.8 Å². The van der Waals surface area contributed by atoms with Crippen LogP contribution in [-0.4, -0.2) is 42.8 Å². The third kappa shape index (κ3) is 32.9. The molecule has 5 heteroatoms. The molecule has 0 rings (SSSR count). The standard InChI is InChI=1S/2C8H14O2.Pt/c2*1-7(2,9)5-6-8(3,4)10;/h2*9-10H,1-4H3;. The van der Waals surface area contributed by atoms with Crippen LogP contribution in [0.1, 0.15) is 55.4 Å². The van der Waals surface area contributed by atoms with E-state index in [2.05, 4.69) is 23.7 Å². The van der Waals surface area contributed by atoms with E-state index in [9.17, 15) is 0 Å². The van der Waals surface area contributed by atoms with Crippen molar-refractivity contribution in [1.29, 1.82) is 0 Å². The molecule has 0 heterocycles. The molecule has 0 radical (unpaired) electrons. The zero-order valence-electron chi connectivity index (χ0n) is 14.1. The van der Waals surface area contributed by atoms with Crippen LogP contribution in [0.5, 0.6) is 0 Å². The maximum absolute atomic E-state index is 9.10. The van der Waals surface area contributed by atoms with Crippen molar-refractivity contribution in [3.05, 3.63) is 0 Å². The SMILES string of the molecule is CC(C)(O)C#CC(C)(C)O.CC(C)(O)C#CC(C)(C)O.[Pt]. The molecule has 0 amide bonds. The summed E-state index contributed by atoms with van der Waals surface area (Å²) in [7, 11) is 0. The van der Waals surface area contributed by atoms with E-state index in [1.807, 2.05) is 0 Å². The Morgan fingerprint density at radius 1 is 0.429 bits per heavy atom. The molecule has 0 fully saturated rings. The minimum atomic E-state index is -1.01. The smallest absolute Gasteiger partial charge is 0.120 e. The third-order valence-corrected chi connectivity index (χ3v) is 1.35. The average molecular weight is 479 g/mol. The Morgan fingerprint density at radius 3 is 0.571 bits per heavy atom. The van der Waals surface area contributed by atoms with E-state index >= 15 is 0 Å². The second-order valence-corrected chi connectivity index (χ2v) is 6.74. The van der Waals surface area contributed by atoms with Gasteiger partial charge in [0.25, 0.3) is 0 Å². The Labute approximate surface area is 143 Å². The van der Waals surface area contributed by atoms with E-state index in [4.69, 9.17) is 20.4 Å². The second kappa shape index (κ2) is 8.94. The minimum Gasteiger partial charge on any atom is -0.378 e. The fraction of sp³-hybridized carbons (Fsp3) is 0.750. The molecule has 0 aromatic carbocycles. The normalized spacial score (nSPS) is 11.6. The fourth-order valence-corrected chi connectivity index (χ4v) is 0.612. The molecular weight excluding hydrogens is 451 g/mol. The van der Waals surface area contributed by atoms with Crippen LogP contribution in [0.2, 0.25) is 0 Å². The summed E-state index contributed by atoms with van der Waals surface area (Å²) in [6, 6.07) is 0. The Bertz CT molecular complexity index is 329. The quantitative estimate of drug-likeness (QED) is 0.392. The van der Waals surface area contributed by atoms with Gasteiger partial charge in [0, 0.05) is 21.1 Å². The molecule has 0 aromatic heterocycles. The van der Waals surface area contributed by atoms with Gasteiger partial charge in [-0.1, -0.05) is 23.7 Å². The molecule has 21 heavy (non-hydrogen) atoms. The van der Waals surface area contributed by atoms with Crippen LogP contribution in [0.15, 0.2) is 0 Å². The summed E-state index contributed by atoms with van der Waals surface area (Å²) >= 11 is 0. The number of hydrogen-bond donors (Lipinski definition) is 4. The zero-order valence-corrected chi connectivity index (χ0v) is 16.4. The predicted molar refractivity (Wildman–Crippen MR) is 80.7 cm³/mol. The second-order valence-electron chi connectivity index (χ2n) is 6.74. The van der Waals surface area contributed by atoms with Crippen LogP contribution in [-0.2, 0) is 21.1 Å². The maximum Gasteiger partial charge on any atom is 0.120 e. The van der Waals surface area contributed by atoms with E-state index in [-0.39, 0.29) is 21.1 Å². The summed E-state index contributed by atoms with van der Waals surface area (Å²) in [5.74, 6) is 10.1. The average Bonchev–Trinajstić information content (AvgIpc) is 2.09. The number of hydrogen-bond acceptors (Lipinski definition) is 4. The van der Waals surface area contributed by atoms with Crippen molar-refractivity contribution in [3.63, 3.8) is 0 Å². The van der Waals surface area contributed by atoms with Crippen LogP contribution in [0.25, 0.3) is 0 Å². The maximum atomic E-state index is 9.10. The van der Waals surface area contributed by atoms with Gasteiger partial charge < -0.3 is 20.4 Å². The third-order valence-electron chi connectivity index (χ3n) is 1.35. The molecule has 0 aromatic rings. The van der Waals surface area contributed by atoms with E-state index in [0.717, 1.165) is 0 Å². The van der Waals surface area contributed by atoms with E-state index in [1.165, 1.54) is 0 Å². The molecule has 0 saturated heterocycles. The van der Waals surface area contributed by atoms with Gasteiger partial charge in [-0.15, -0.1) is 0 Å². The Balaban J connectivity index is -0.000000295. The van der Waals surface area contributed by atoms with Gasteiger partial charge in [-0.25, -0.2) is 0 Å². The van der Waals surface area contributed by atoms with Crippen molar-refractivity contribution < 1.29 is 41.5 Å². The van der Waals surface area contributed by atoms with Crippen LogP contribution in [0, 0.1) is 23.7 Å². The first kappa shape index (κ1) is 25.6. The van der Waals surface area contributed by atoms with Gasteiger partial charge in [-0.3, -0.25) is 0 Å². The van der Waals surface area contributed by atoms with Gasteiger partial charge in [0.2, 0.25) is 0 Å². The molecule has 0 bridgehead atoms. The van der Waals surface area contributed by atoms with Gasteiger partial charge in [0.15, 0.2) is 0 Å². The first-order valence-electron chi connectivity index (χ1n) is 6.39. The molecule has 0 saturated carbocycles.